The fraction of sp³-hybridized carbons (Fsp3) is 0.579. The summed E-state index contributed by atoms with van der Waals surface area (Å²) < 4.78 is 5.18. The van der Waals surface area contributed by atoms with Gasteiger partial charge in [-0.15, -0.1) is 0 Å². The van der Waals surface area contributed by atoms with Crippen molar-refractivity contribution in [2.45, 2.75) is 45.6 Å². The minimum Gasteiger partial charge on any atom is -0.508 e. The number of phenolic OH excluding ortho intramolecular Hbond substituents is 1. The lowest BCUT2D eigenvalue weighted by Gasteiger charge is -2.32. The Morgan fingerprint density at radius 3 is 2.88 bits per heavy atom. The van der Waals surface area contributed by atoms with Gasteiger partial charge >= 0.3 is 0 Å². The van der Waals surface area contributed by atoms with Crippen molar-refractivity contribution < 1.29 is 19.4 Å². The van der Waals surface area contributed by atoms with Gasteiger partial charge in [0.25, 0.3) is 0 Å². The third-order valence-electron chi connectivity index (χ3n) is 4.67. The van der Waals surface area contributed by atoms with Gasteiger partial charge in [0.1, 0.15) is 11.5 Å². The molecule has 0 unspecified atom stereocenters. The fourth-order valence-electron chi connectivity index (χ4n) is 3.21. The van der Waals surface area contributed by atoms with E-state index in [0.717, 1.165) is 25.8 Å². The second-order valence-electron chi connectivity index (χ2n) is 6.58. The number of ether oxygens (including phenoxy) is 1. The molecular weight excluding hydrogens is 320 g/mol. The van der Waals surface area contributed by atoms with Crippen LogP contribution in [0.2, 0.25) is 0 Å². The van der Waals surface area contributed by atoms with E-state index in [2.05, 4.69) is 5.32 Å². The van der Waals surface area contributed by atoms with Gasteiger partial charge in [0.2, 0.25) is 11.8 Å². The average molecular weight is 348 g/mol. The summed E-state index contributed by atoms with van der Waals surface area (Å²) in [6.45, 7) is 5.01. The number of benzene rings is 1. The minimum absolute atomic E-state index is 0.0799. The molecule has 0 bridgehead atoms. The summed E-state index contributed by atoms with van der Waals surface area (Å²) >= 11 is 0. The van der Waals surface area contributed by atoms with Crippen LogP contribution in [0.15, 0.2) is 18.2 Å². The quantitative estimate of drug-likeness (QED) is 0.828. The minimum atomic E-state index is -0.343. The van der Waals surface area contributed by atoms with Crippen molar-refractivity contribution in [3.63, 3.8) is 0 Å². The first kappa shape index (κ1) is 19.1. The first-order chi connectivity index (χ1) is 12.0. The molecule has 138 valence electrons. The highest BCUT2D eigenvalue weighted by Crippen LogP contribution is 2.29. The molecule has 1 saturated heterocycles. The number of phenols is 1. The van der Waals surface area contributed by atoms with Crippen LogP contribution < -0.4 is 10.1 Å². The van der Waals surface area contributed by atoms with E-state index in [-0.39, 0.29) is 29.5 Å². The molecule has 0 radical (unpaired) electrons. The summed E-state index contributed by atoms with van der Waals surface area (Å²) in [5.41, 5.74) is 0.613. The van der Waals surface area contributed by atoms with Crippen molar-refractivity contribution in [3.05, 3.63) is 23.8 Å². The number of amides is 2. The average Bonchev–Trinajstić information content (AvgIpc) is 2.62. The summed E-state index contributed by atoms with van der Waals surface area (Å²) in [6.07, 6.45) is 2.96. The molecule has 1 aromatic carbocycles. The van der Waals surface area contributed by atoms with Crippen LogP contribution in [0.3, 0.4) is 0 Å². The van der Waals surface area contributed by atoms with Crippen LogP contribution in [0.5, 0.6) is 11.5 Å². The van der Waals surface area contributed by atoms with Crippen LogP contribution in [-0.4, -0.2) is 42.0 Å². The topological polar surface area (TPSA) is 78.9 Å². The number of nitrogens with zero attached hydrogens (tertiary/aromatic N) is 1. The summed E-state index contributed by atoms with van der Waals surface area (Å²) in [6, 6.07) is 4.61. The first-order valence-corrected chi connectivity index (χ1v) is 8.91. The van der Waals surface area contributed by atoms with E-state index in [9.17, 15) is 14.7 Å². The van der Waals surface area contributed by atoms with Crippen LogP contribution in [0.25, 0.3) is 0 Å². The molecule has 1 aliphatic rings. The molecule has 2 amide bonds. The summed E-state index contributed by atoms with van der Waals surface area (Å²) in [4.78, 5) is 26.5. The van der Waals surface area contributed by atoms with Gasteiger partial charge in [0.05, 0.1) is 19.1 Å². The normalized spacial score (nSPS) is 18.5. The summed E-state index contributed by atoms with van der Waals surface area (Å²) in [7, 11) is 1.56. The highest BCUT2D eigenvalue weighted by atomic mass is 16.5. The third kappa shape index (κ3) is 4.87. The molecule has 2 atom stereocenters. The molecule has 6 nitrogen and oxygen atoms in total. The number of likely N-dealkylation sites (tertiary alicyclic amines) is 1. The zero-order valence-corrected chi connectivity index (χ0v) is 15.2. The van der Waals surface area contributed by atoms with Crippen LogP contribution in [0.4, 0.5) is 0 Å². The van der Waals surface area contributed by atoms with Gasteiger partial charge in [-0.1, -0.05) is 6.92 Å². The zero-order valence-electron chi connectivity index (χ0n) is 15.2. The molecule has 1 heterocycles. The van der Waals surface area contributed by atoms with Gasteiger partial charge in [0, 0.05) is 25.1 Å². The maximum atomic E-state index is 12.6. The van der Waals surface area contributed by atoms with Gasteiger partial charge in [-0.05, 0) is 44.4 Å². The van der Waals surface area contributed by atoms with Gasteiger partial charge in [-0.2, -0.15) is 0 Å². The maximum absolute atomic E-state index is 12.6. The summed E-state index contributed by atoms with van der Waals surface area (Å²) in [5, 5.41) is 13.0. The Bertz CT molecular complexity index is 617. The van der Waals surface area contributed by atoms with Crippen LogP contribution >= 0.6 is 0 Å². The smallest absolute Gasteiger partial charge is 0.225 e. The number of rotatable bonds is 6. The Morgan fingerprint density at radius 2 is 2.20 bits per heavy atom. The molecular formula is C19H28N2O4. The Hall–Kier alpha value is -2.24. The predicted octanol–water partition coefficient (Wildman–Crippen LogP) is 2.62. The molecule has 0 spiro atoms. The van der Waals surface area contributed by atoms with E-state index in [1.54, 1.807) is 30.2 Å². The molecule has 6 heteroatoms. The molecule has 1 fully saturated rings. The molecule has 0 saturated carbocycles. The molecule has 2 rings (SSSR count). The third-order valence-corrected chi connectivity index (χ3v) is 4.67. The highest BCUT2D eigenvalue weighted by molar-refractivity contribution is 5.81. The van der Waals surface area contributed by atoms with Crippen LogP contribution in [-0.2, 0) is 9.59 Å². The SMILES string of the molecule is CCCC(=O)N1CCC[C@H](C(=O)N[C@H](C)c2cc(OC)ccc2O)C1. The van der Waals surface area contributed by atoms with Crippen molar-refractivity contribution in [1.29, 1.82) is 0 Å². The highest BCUT2D eigenvalue weighted by Gasteiger charge is 2.29. The lowest BCUT2D eigenvalue weighted by molar-refractivity contribution is -0.135. The standard InChI is InChI=1S/C19H28N2O4/c1-4-6-18(23)21-10-5-7-14(12-21)19(24)20-13(2)16-11-15(25-3)8-9-17(16)22/h8-9,11,13-14,22H,4-7,10,12H2,1-3H3,(H,20,24)/t13-,14+/m1/s1. The number of hydrogen-bond acceptors (Lipinski definition) is 4. The largest absolute Gasteiger partial charge is 0.508 e. The second-order valence-corrected chi connectivity index (χ2v) is 6.58. The Morgan fingerprint density at radius 1 is 1.44 bits per heavy atom. The number of piperidine rings is 1. The maximum Gasteiger partial charge on any atom is 0.225 e. The first-order valence-electron chi connectivity index (χ1n) is 8.91. The van der Waals surface area contributed by atoms with Crippen LogP contribution in [0, 0.1) is 5.92 Å². The summed E-state index contributed by atoms with van der Waals surface area (Å²) in [5.74, 6) is 0.590. The van der Waals surface area contributed by atoms with E-state index in [0.29, 0.717) is 24.3 Å². The predicted molar refractivity (Wildman–Crippen MR) is 95.4 cm³/mol. The lowest BCUT2D eigenvalue weighted by Crippen LogP contribution is -2.45. The van der Waals surface area contributed by atoms with E-state index in [1.807, 2.05) is 13.8 Å². The lowest BCUT2D eigenvalue weighted by atomic mass is 9.96. The van der Waals surface area contributed by atoms with Crippen molar-refractivity contribution >= 4 is 11.8 Å². The number of aromatic hydroxyl groups is 1. The van der Waals surface area contributed by atoms with E-state index in [4.69, 9.17) is 4.74 Å². The Balaban J connectivity index is 2.00. The number of carbonyl (C=O) groups excluding carboxylic acids is 2. The van der Waals surface area contributed by atoms with Crippen molar-refractivity contribution in [3.8, 4) is 11.5 Å². The van der Waals surface area contributed by atoms with Gasteiger partial charge < -0.3 is 20.1 Å². The molecule has 1 aliphatic heterocycles. The molecule has 0 aromatic heterocycles. The van der Waals surface area contributed by atoms with Gasteiger partial charge in [-0.25, -0.2) is 0 Å². The molecule has 2 N–H and O–H groups in total. The van der Waals surface area contributed by atoms with Crippen molar-refractivity contribution in [1.82, 2.24) is 10.2 Å². The van der Waals surface area contributed by atoms with E-state index >= 15 is 0 Å². The van der Waals surface area contributed by atoms with Gasteiger partial charge in [0.15, 0.2) is 0 Å². The molecule has 1 aromatic rings. The Labute approximate surface area is 149 Å². The van der Waals surface area contributed by atoms with Crippen molar-refractivity contribution in [2.24, 2.45) is 5.92 Å². The second kappa shape index (κ2) is 8.74. The number of carbonyl (C=O) groups is 2. The molecule has 25 heavy (non-hydrogen) atoms. The Kier molecular flexibility index (Phi) is 6.67. The number of hydrogen-bond donors (Lipinski definition) is 2. The van der Waals surface area contributed by atoms with Crippen molar-refractivity contribution in [2.75, 3.05) is 20.2 Å². The zero-order chi connectivity index (χ0) is 18.4. The van der Waals surface area contributed by atoms with Crippen LogP contribution in [0.1, 0.15) is 51.1 Å². The molecule has 0 aliphatic carbocycles. The van der Waals surface area contributed by atoms with E-state index < -0.39 is 0 Å². The monoisotopic (exact) mass is 348 g/mol. The van der Waals surface area contributed by atoms with Gasteiger partial charge in [-0.3, -0.25) is 9.59 Å². The number of methoxy groups -OCH3 is 1. The fourth-order valence-corrected chi connectivity index (χ4v) is 3.21. The van der Waals surface area contributed by atoms with E-state index in [1.165, 1.54) is 0 Å². The number of nitrogens with one attached hydrogen (secondary N) is 1.